The van der Waals surface area contributed by atoms with Crippen LogP contribution in [0, 0.1) is 0 Å². The molecule has 23 heavy (non-hydrogen) atoms. The molecule has 0 aromatic carbocycles. The molecule has 1 amide bonds. The van der Waals surface area contributed by atoms with Crippen LogP contribution in [0.25, 0.3) is 16.7 Å². The Bertz CT molecular complexity index is 779. The van der Waals surface area contributed by atoms with E-state index in [4.69, 9.17) is 4.74 Å². The summed E-state index contributed by atoms with van der Waals surface area (Å²) < 4.78 is 5.84. The SMILES string of the molecule is C/C=C(\O/C(C)=C/CC)c1ccc2cnc(NC(C)=O)cc2n1. The van der Waals surface area contributed by atoms with Crippen LogP contribution >= 0.6 is 0 Å². The fourth-order valence-corrected chi connectivity index (χ4v) is 2.16. The Hall–Kier alpha value is -2.69. The first-order valence-corrected chi connectivity index (χ1v) is 7.59. The lowest BCUT2D eigenvalue weighted by molar-refractivity contribution is -0.114. The second kappa shape index (κ2) is 7.54. The number of ether oxygens (including phenoxy) is 1. The van der Waals surface area contributed by atoms with Crippen LogP contribution in [0.3, 0.4) is 0 Å². The lowest BCUT2D eigenvalue weighted by atomic mass is 10.2. The van der Waals surface area contributed by atoms with Gasteiger partial charge in [0.25, 0.3) is 0 Å². The maximum atomic E-state index is 11.1. The highest BCUT2D eigenvalue weighted by Crippen LogP contribution is 2.22. The number of anilines is 1. The van der Waals surface area contributed by atoms with Gasteiger partial charge in [0.1, 0.15) is 17.3 Å². The van der Waals surface area contributed by atoms with Crippen molar-refractivity contribution in [2.75, 3.05) is 5.32 Å². The molecule has 2 aromatic heterocycles. The van der Waals surface area contributed by atoms with Crippen molar-refractivity contribution in [3.8, 4) is 0 Å². The highest BCUT2D eigenvalue weighted by Gasteiger charge is 2.08. The summed E-state index contributed by atoms with van der Waals surface area (Å²) in [4.78, 5) is 19.9. The average Bonchev–Trinajstić information content (AvgIpc) is 2.51. The summed E-state index contributed by atoms with van der Waals surface area (Å²) in [7, 11) is 0. The number of nitrogens with one attached hydrogen (secondary N) is 1. The van der Waals surface area contributed by atoms with Crippen LogP contribution in [0.2, 0.25) is 0 Å². The number of hydrogen-bond donors (Lipinski definition) is 1. The predicted octanol–water partition coefficient (Wildman–Crippen LogP) is 4.28. The predicted molar refractivity (Wildman–Crippen MR) is 92.6 cm³/mol. The van der Waals surface area contributed by atoms with Crippen LogP contribution in [0.5, 0.6) is 0 Å². The van der Waals surface area contributed by atoms with E-state index in [0.717, 1.165) is 28.8 Å². The number of carbonyl (C=O) groups is 1. The molecule has 0 aliphatic carbocycles. The Morgan fingerprint density at radius 1 is 1.35 bits per heavy atom. The molecule has 2 rings (SSSR count). The van der Waals surface area contributed by atoms with Gasteiger partial charge >= 0.3 is 0 Å². The number of hydrogen-bond acceptors (Lipinski definition) is 4. The van der Waals surface area contributed by atoms with Crippen LogP contribution < -0.4 is 5.32 Å². The van der Waals surface area contributed by atoms with Crippen LogP contribution in [0.15, 0.2) is 42.3 Å². The molecule has 0 aliphatic heterocycles. The third-order valence-corrected chi connectivity index (χ3v) is 3.15. The Balaban J connectivity index is 2.37. The molecule has 1 N–H and O–H groups in total. The minimum atomic E-state index is -0.161. The topological polar surface area (TPSA) is 64.1 Å². The third kappa shape index (κ3) is 4.39. The first-order valence-electron chi connectivity index (χ1n) is 7.59. The number of amides is 1. The van der Waals surface area contributed by atoms with E-state index < -0.39 is 0 Å². The van der Waals surface area contributed by atoms with Crippen LogP contribution in [0.4, 0.5) is 5.82 Å². The standard InChI is InChI=1S/C18H21N3O2/c1-5-7-12(3)23-17(6-2)15-9-8-14-11-19-18(20-13(4)22)10-16(14)21-15/h6-11H,5H2,1-4H3,(H,19,20,22)/b12-7+,17-6-. The van der Waals surface area contributed by atoms with E-state index in [1.54, 1.807) is 12.3 Å². The molecule has 0 unspecified atom stereocenters. The zero-order valence-electron chi connectivity index (χ0n) is 13.9. The van der Waals surface area contributed by atoms with Gasteiger partial charge in [0.05, 0.1) is 11.3 Å². The van der Waals surface area contributed by atoms with E-state index in [0.29, 0.717) is 11.6 Å². The Morgan fingerprint density at radius 3 is 2.78 bits per heavy atom. The van der Waals surface area contributed by atoms with Crippen molar-refractivity contribution in [3.63, 3.8) is 0 Å². The smallest absolute Gasteiger partial charge is 0.222 e. The van der Waals surface area contributed by atoms with Crippen molar-refractivity contribution in [2.45, 2.75) is 34.1 Å². The summed E-state index contributed by atoms with van der Waals surface area (Å²) in [5.74, 6) is 1.87. The normalized spacial score (nSPS) is 12.3. The number of allylic oxidation sites excluding steroid dienone is 3. The second-order valence-electron chi connectivity index (χ2n) is 5.12. The maximum absolute atomic E-state index is 11.1. The molecule has 0 radical (unpaired) electrons. The second-order valence-corrected chi connectivity index (χ2v) is 5.12. The fourth-order valence-electron chi connectivity index (χ4n) is 2.16. The van der Waals surface area contributed by atoms with Gasteiger partial charge in [0.2, 0.25) is 5.91 Å². The number of pyridine rings is 2. The van der Waals surface area contributed by atoms with Crippen molar-refractivity contribution in [1.82, 2.24) is 9.97 Å². The highest BCUT2D eigenvalue weighted by atomic mass is 16.5. The van der Waals surface area contributed by atoms with Gasteiger partial charge in [0.15, 0.2) is 0 Å². The molecule has 2 aromatic rings. The lowest BCUT2D eigenvalue weighted by Gasteiger charge is -2.11. The van der Waals surface area contributed by atoms with Gasteiger partial charge in [-0.1, -0.05) is 6.92 Å². The molecule has 0 saturated carbocycles. The molecule has 0 spiro atoms. The van der Waals surface area contributed by atoms with Gasteiger partial charge in [0, 0.05) is 24.6 Å². The minimum Gasteiger partial charge on any atom is -0.460 e. The molecular formula is C18H21N3O2. The largest absolute Gasteiger partial charge is 0.460 e. The van der Waals surface area contributed by atoms with Gasteiger partial charge in [-0.05, 0) is 44.6 Å². The van der Waals surface area contributed by atoms with Gasteiger partial charge in [-0.15, -0.1) is 0 Å². The van der Waals surface area contributed by atoms with E-state index >= 15 is 0 Å². The number of fused-ring (bicyclic) bond motifs is 1. The van der Waals surface area contributed by atoms with Crippen molar-refractivity contribution >= 4 is 28.4 Å². The molecule has 0 aliphatic rings. The van der Waals surface area contributed by atoms with Gasteiger partial charge < -0.3 is 10.1 Å². The van der Waals surface area contributed by atoms with E-state index in [1.807, 2.05) is 38.1 Å². The monoisotopic (exact) mass is 311 g/mol. The summed E-state index contributed by atoms with van der Waals surface area (Å²) in [5.41, 5.74) is 1.49. The van der Waals surface area contributed by atoms with E-state index in [2.05, 4.69) is 22.2 Å². The summed E-state index contributed by atoms with van der Waals surface area (Å²) >= 11 is 0. The zero-order chi connectivity index (χ0) is 16.8. The maximum Gasteiger partial charge on any atom is 0.222 e. The van der Waals surface area contributed by atoms with Crippen LogP contribution in [-0.4, -0.2) is 15.9 Å². The van der Waals surface area contributed by atoms with E-state index in [1.165, 1.54) is 6.92 Å². The van der Waals surface area contributed by atoms with Crippen molar-refractivity contribution < 1.29 is 9.53 Å². The molecule has 5 heteroatoms. The molecule has 0 bridgehead atoms. The number of carbonyl (C=O) groups excluding carboxylic acids is 1. The van der Waals surface area contributed by atoms with E-state index in [-0.39, 0.29) is 5.91 Å². The van der Waals surface area contributed by atoms with Crippen LogP contribution in [0.1, 0.15) is 39.8 Å². The number of nitrogens with zero attached hydrogens (tertiary/aromatic N) is 2. The molecule has 0 fully saturated rings. The highest BCUT2D eigenvalue weighted by molar-refractivity contribution is 5.90. The molecule has 120 valence electrons. The fraction of sp³-hybridized carbons (Fsp3) is 0.278. The summed E-state index contributed by atoms with van der Waals surface area (Å²) in [6.45, 7) is 7.35. The van der Waals surface area contributed by atoms with Gasteiger partial charge in [-0.25, -0.2) is 9.97 Å². The summed E-state index contributed by atoms with van der Waals surface area (Å²) in [6, 6.07) is 5.59. The Labute approximate surface area is 136 Å². The molecule has 0 atom stereocenters. The zero-order valence-corrected chi connectivity index (χ0v) is 13.9. The Morgan fingerprint density at radius 2 is 2.13 bits per heavy atom. The molecule has 0 saturated heterocycles. The third-order valence-electron chi connectivity index (χ3n) is 3.15. The Kier molecular flexibility index (Phi) is 5.46. The van der Waals surface area contributed by atoms with Crippen molar-refractivity contribution in [1.29, 1.82) is 0 Å². The van der Waals surface area contributed by atoms with Crippen molar-refractivity contribution in [3.05, 3.63) is 48.0 Å². The van der Waals surface area contributed by atoms with Crippen molar-refractivity contribution in [2.24, 2.45) is 0 Å². The summed E-state index contributed by atoms with van der Waals surface area (Å²) in [5, 5.41) is 3.57. The first-order chi connectivity index (χ1) is 11.0. The lowest BCUT2D eigenvalue weighted by Crippen LogP contribution is -2.07. The summed E-state index contributed by atoms with van der Waals surface area (Å²) in [6.07, 6.45) is 6.51. The number of aromatic nitrogens is 2. The average molecular weight is 311 g/mol. The number of rotatable bonds is 5. The quantitative estimate of drug-likeness (QED) is 0.837. The van der Waals surface area contributed by atoms with Gasteiger partial charge in [-0.2, -0.15) is 0 Å². The molecular weight excluding hydrogens is 290 g/mol. The first kappa shape index (κ1) is 16.7. The van der Waals surface area contributed by atoms with Crippen LogP contribution in [-0.2, 0) is 9.53 Å². The minimum absolute atomic E-state index is 0.161. The molecule has 2 heterocycles. The molecule has 5 nitrogen and oxygen atoms in total. The van der Waals surface area contributed by atoms with E-state index in [9.17, 15) is 4.79 Å². The van der Waals surface area contributed by atoms with Gasteiger partial charge in [-0.3, -0.25) is 4.79 Å².